The number of fused-ring (bicyclic) bond motifs is 2. The van der Waals surface area contributed by atoms with E-state index in [1.165, 1.54) is 38.3 Å². The predicted octanol–water partition coefficient (Wildman–Crippen LogP) is 2.05. The van der Waals surface area contributed by atoms with Crippen LogP contribution >= 0.6 is 0 Å². The summed E-state index contributed by atoms with van der Waals surface area (Å²) in [4.78, 5) is 105. The molecule has 0 radical (unpaired) electrons. The number of carbonyl (C=O) groups excluding carboxylic acids is 6. The average molecular weight is 1040 g/mol. The van der Waals surface area contributed by atoms with E-state index in [1.807, 2.05) is 13.8 Å². The summed E-state index contributed by atoms with van der Waals surface area (Å²) >= 11 is 0. The minimum atomic E-state index is -1.39. The SMILES string of the molecule is CCc1nc(C)oc1C(=O)Nc1nc2cc(C(N)=O)cc(OCCCOC(=O)[C@@H](C)NC(=O)CNC(=O)[C@H](N)CCC(=O)O)c2n1C/C=C/Cn1c(NC(O)c2oc(C)nc2CC)nc2cc(C(N)=O)cc(OC)c21. The maximum atomic E-state index is 13.8. The third-order valence-electron chi connectivity index (χ3n) is 11.4. The van der Waals surface area contributed by atoms with Gasteiger partial charge in [0.15, 0.2) is 23.8 Å². The van der Waals surface area contributed by atoms with E-state index >= 15 is 0 Å². The summed E-state index contributed by atoms with van der Waals surface area (Å²) in [5.41, 5.74) is 19.4. The molecule has 75 heavy (non-hydrogen) atoms. The molecule has 27 heteroatoms. The first-order chi connectivity index (χ1) is 35.7. The lowest BCUT2D eigenvalue weighted by Crippen LogP contribution is -2.48. The molecule has 0 saturated carbocycles. The van der Waals surface area contributed by atoms with Gasteiger partial charge in [0.25, 0.3) is 5.91 Å². The number of carboxylic acid groups (broad SMARTS) is 1. The summed E-state index contributed by atoms with van der Waals surface area (Å²) in [5, 5.41) is 30.6. The fourth-order valence-corrected chi connectivity index (χ4v) is 7.72. The van der Waals surface area contributed by atoms with Crippen LogP contribution in [-0.2, 0) is 49.8 Å². The topological polar surface area (TPSA) is 402 Å². The van der Waals surface area contributed by atoms with E-state index in [2.05, 4.69) is 41.2 Å². The largest absolute Gasteiger partial charge is 0.494 e. The van der Waals surface area contributed by atoms with Gasteiger partial charge in [-0.25, -0.2) is 24.7 Å². The number of nitrogens with zero attached hydrogens (tertiary/aromatic N) is 6. The molecule has 2 aromatic carbocycles. The normalized spacial score (nSPS) is 12.6. The third-order valence-corrected chi connectivity index (χ3v) is 11.4. The number of benzene rings is 2. The molecule has 0 saturated heterocycles. The average Bonchev–Trinajstić information content (AvgIpc) is 4.14. The smallest absolute Gasteiger partial charge is 0.328 e. The minimum Gasteiger partial charge on any atom is -0.494 e. The van der Waals surface area contributed by atoms with Gasteiger partial charge in [-0.05, 0) is 50.5 Å². The second kappa shape index (κ2) is 24.7. The Morgan fingerprint density at radius 1 is 0.813 bits per heavy atom. The number of hydrogen-bond donors (Lipinski definition) is 9. The van der Waals surface area contributed by atoms with E-state index in [4.69, 9.17) is 45.4 Å². The van der Waals surface area contributed by atoms with Crippen LogP contribution in [-0.4, -0.2) is 120 Å². The first-order valence-corrected chi connectivity index (χ1v) is 23.6. The van der Waals surface area contributed by atoms with Gasteiger partial charge in [0.2, 0.25) is 41.3 Å². The Hall–Kier alpha value is -8.85. The van der Waals surface area contributed by atoms with Crippen LogP contribution in [0.4, 0.5) is 11.9 Å². The van der Waals surface area contributed by atoms with Gasteiger partial charge < -0.3 is 75.5 Å². The number of rotatable bonds is 27. The maximum absolute atomic E-state index is 13.8. The molecular weight excluding hydrogens is 983 g/mol. The van der Waals surface area contributed by atoms with E-state index in [9.17, 15) is 38.7 Å². The Bertz CT molecular complexity index is 3150. The van der Waals surface area contributed by atoms with Crippen molar-refractivity contribution >= 4 is 75.4 Å². The van der Waals surface area contributed by atoms with Crippen molar-refractivity contribution in [3.63, 3.8) is 0 Å². The first-order valence-electron chi connectivity index (χ1n) is 23.6. The van der Waals surface area contributed by atoms with E-state index in [0.29, 0.717) is 46.7 Å². The fraction of sp³-hybridized carbons (Fsp3) is 0.396. The zero-order chi connectivity index (χ0) is 54.7. The molecule has 0 spiro atoms. The first kappa shape index (κ1) is 55.5. The number of primary amides is 2. The lowest BCUT2D eigenvalue weighted by atomic mass is 10.1. The standard InChI is InChI=1S/C48H59N13O14/c1-7-29-39(74-24(4)54-29)44(68)58-47-56-31-18-26(41(50)65)20-33(71-6)37(31)60(47)14-9-10-15-61-38-32(57-48(61)59-45(69)40-30(8-2)55-25(5)75-40)19-27(42(51)66)21-34(38)72-16-11-17-73-46(70)23(3)53-35(62)22-52-43(67)28(49)12-13-36(63)64/h9-10,18-21,23,28,44,68H,7-8,11-17,22,49H2,1-6H3,(H2,50,65)(H2,51,66)(H,52,67)(H,53,62)(H,56,58)(H,63,64)(H,57,59,69)/b10-9+/t23-,28-,44?/m1/s1. The number of carbonyl (C=O) groups is 7. The van der Waals surface area contributed by atoms with E-state index in [-0.39, 0.29) is 103 Å². The van der Waals surface area contributed by atoms with Crippen molar-refractivity contribution in [3.05, 3.63) is 82.2 Å². The van der Waals surface area contributed by atoms with Gasteiger partial charge in [0, 0.05) is 50.9 Å². The van der Waals surface area contributed by atoms with Crippen LogP contribution in [0.5, 0.6) is 11.5 Å². The van der Waals surface area contributed by atoms with Crippen LogP contribution in [0, 0.1) is 13.8 Å². The quantitative estimate of drug-likeness (QED) is 0.0154. The highest BCUT2D eigenvalue weighted by Gasteiger charge is 2.26. The molecule has 1 unspecified atom stereocenters. The number of nitrogens with one attached hydrogen (secondary N) is 4. The predicted molar refractivity (Wildman–Crippen MR) is 266 cm³/mol. The Balaban J connectivity index is 1.25. The second-order valence-corrected chi connectivity index (χ2v) is 16.9. The number of nitrogens with two attached hydrogens (primary N) is 3. The number of aryl methyl sites for hydroxylation is 4. The summed E-state index contributed by atoms with van der Waals surface area (Å²) in [5.74, 6) is -4.21. The Kier molecular flexibility index (Phi) is 18.3. The number of carboxylic acids is 1. The number of hydrogen-bond acceptors (Lipinski definition) is 19. The molecule has 3 atom stereocenters. The molecule has 12 N–H and O–H groups in total. The molecule has 0 aliphatic carbocycles. The van der Waals surface area contributed by atoms with Crippen molar-refractivity contribution < 1.29 is 66.8 Å². The van der Waals surface area contributed by atoms with Gasteiger partial charge in [0.05, 0.1) is 55.3 Å². The van der Waals surface area contributed by atoms with Crippen molar-refractivity contribution in [2.24, 2.45) is 17.2 Å². The summed E-state index contributed by atoms with van der Waals surface area (Å²) in [6.07, 6.45) is 2.63. The number of anilines is 2. The van der Waals surface area contributed by atoms with Gasteiger partial charge >= 0.3 is 11.9 Å². The number of amides is 5. The number of aromatic nitrogens is 6. The second-order valence-electron chi connectivity index (χ2n) is 16.9. The van der Waals surface area contributed by atoms with E-state index in [1.54, 1.807) is 35.1 Å². The maximum Gasteiger partial charge on any atom is 0.328 e. The number of esters is 1. The van der Waals surface area contributed by atoms with Crippen LogP contribution < -0.4 is 47.9 Å². The Morgan fingerprint density at radius 2 is 1.40 bits per heavy atom. The van der Waals surface area contributed by atoms with Gasteiger partial charge in [-0.2, -0.15) is 0 Å². The minimum absolute atomic E-state index is 0.00899. The number of methoxy groups -OCH3 is 1. The lowest BCUT2D eigenvalue weighted by Gasteiger charge is -2.15. The van der Waals surface area contributed by atoms with Crippen molar-refractivity contribution in [3.8, 4) is 11.5 Å². The van der Waals surface area contributed by atoms with Gasteiger partial charge in [-0.1, -0.05) is 26.0 Å². The number of imidazole rings is 2. The molecule has 27 nitrogen and oxygen atoms in total. The highest BCUT2D eigenvalue weighted by molar-refractivity contribution is 6.04. The van der Waals surface area contributed by atoms with Crippen LogP contribution in [0.25, 0.3) is 22.1 Å². The number of aliphatic carboxylic acids is 1. The number of ether oxygens (including phenoxy) is 3. The van der Waals surface area contributed by atoms with Crippen LogP contribution in [0.3, 0.4) is 0 Å². The molecular formula is C48H59N13O14. The van der Waals surface area contributed by atoms with Crippen LogP contribution in [0.2, 0.25) is 0 Å². The number of oxazole rings is 2. The van der Waals surface area contributed by atoms with Crippen molar-refractivity contribution in [1.29, 1.82) is 0 Å². The molecule has 5 amide bonds. The van der Waals surface area contributed by atoms with Gasteiger partial charge in [-0.15, -0.1) is 0 Å². The lowest BCUT2D eigenvalue weighted by molar-refractivity contribution is -0.147. The van der Waals surface area contributed by atoms with Gasteiger partial charge in [-0.3, -0.25) is 34.1 Å². The monoisotopic (exact) mass is 1040 g/mol. The Labute approximate surface area is 427 Å². The van der Waals surface area contributed by atoms with Crippen LogP contribution in [0.15, 0.2) is 45.3 Å². The fourth-order valence-electron chi connectivity index (χ4n) is 7.72. The molecule has 0 aliphatic heterocycles. The molecule has 0 bridgehead atoms. The summed E-state index contributed by atoms with van der Waals surface area (Å²) < 4.78 is 31.9. The molecule has 4 heterocycles. The van der Waals surface area contributed by atoms with Gasteiger partial charge in [0.1, 0.15) is 28.6 Å². The molecule has 4 aromatic heterocycles. The van der Waals surface area contributed by atoms with Crippen LogP contribution in [0.1, 0.15) is 106 Å². The molecule has 400 valence electrons. The van der Waals surface area contributed by atoms with E-state index in [0.717, 1.165) is 0 Å². The van der Waals surface area contributed by atoms with E-state index < -0.39 is 66.3 Å². The Morgan fingerprint density at radius 3 is 2.01 bits per heavy atom. The molecule has 6 rings (SSSR count). The summed E-state index contributed by atoms with van der Waals surface area (Å²) in [6.45, 7) is 7.64. The number of allylic oxidation sites excluding steroid dienone is 2. The summed E-state index contributed by atoms with van der Waals surface area (Å²) in [7, 11) is 1.42. The zero-order valence-corrected chi connectivity index (χ0v) is 42.0. The zero-order valence-electron chi connectivity index (χ0n) is 42.0. The molecule has 6 aromatic rings. The highest BCUT2D eigenvalue weighted by Crippen LogP contribution is 2.34. The third kappa shape index (κ3) is 13.6. The number of aliphatic hydroxyl groups is 1. The summed E-state index contributed by atoms with van der Waals surface area (Å²) in [6, 6.07) is 3.54. The van der Waals surface area contributed by atoms with Crippen molar-refractivity contribution in [2.45, 2.75) is 98.1 Å². The van der Waals surface area contributed by atoms with Crippen molar-refractivity contribution in [1.82, 2.24) is 39.7 Å². The highest BCUT2D eigenvalue weighted by atomic mass is 16.5. The number of aliphatic hydroxyl groups excluding tert-OH is 1. The molecule has 0 aliphatic rings. The molecule has 0 fully saturated rings. The van der Waals surface area contributed by atoms with Crippen molar-refractivity contribution in [2.75, 3.05) is 37.5 Å².